The number of nitrogens with one attached hydrogen (secondary N) is 2. The van der Waals surface area contributed by atoms with Crippen LogP contribution in [0.1, 0.15) is 42.0 Å². The number of nitriles is 1. The molecule has 5 rings (SSSR count). The van der Waals surface area contributed by atoms with Crippen LogP contribution in [0.15, 0.2) is 36.5 Å². The van der Waals surface area contributed by atoms with Gasteiger partial charge >= 0.3 is 0 Å². The molecule has 1 atom stereocenters. The molecule has 8 nitrogen and oxygen atoms in total. The van der Waals surface area contributed by atoms with Crippen LogP contribution in [0.5, 0.6) is 0 Å². The fraction of sp³-hybridized carbons (Fsp3) is 0.385. The number of benzene rings is 1. The predicted molar refractivity (Wildman–Crippen MR) is 140 cm³/mol. The lowest BCUT2D eigenvalue weighted by atomic mass is 9.67. The molecule has 0 saturated carbocycles. The highest BCUT2D eigenvalue weighted by Gasteiger charge is 2.38. The summed E-state index contributed by atoms with van der Waals surface area (Å²) in [6, 6.07) is 11.9. The molecule has 2 N–H and O–H groups in total. The number of aryl methyl sites for hydroxylation is 1. The van der Waals surface area contributed by atoms with Crippen LogP contribution < -0.4 is 16.1 Å². The first kappa shape index (κ1) is 23.5. The summed E-state index contributed by atoms with van der Waals surface area (Å²) in [4.78, 5) is 15.8. The standard InChI is InChI=1S/C26H30N7OP/c1-26-10-6-7-17-11-20(12-18(23(17)26)15-33(2)16-26)29-25-28-14-19(13-27)24(32-25)31-21-8-5-9-22(30-21)35(3,4)34/h5,8-9,11-12,14H,6-7,10,15-16H2,1-4H3,(H2,28,29,30,31,32)/t26-/m0/s1. The van der Waals surface area contributed by atoms with Crippen LogP contribution >= 0.6 is 7.14 Å². The molecule has 3 heterocycles. The molecule has 3 aromatic rings. The van der Waals surface area contributed by atoms with Crippen molar-refractivity contribution in [3.05, 3.63) is 58.8 Å². The number of nitrogens with zero attached hydrogens (tertiary/aromatic N) is 5. The Morgan fingerprint density at radius 2 is 1.97 bits per heavy atom. The summed E-state index contributed by atoms with van der Waals surface area (Å²) in [5.41, 5.74) is 6.27. The zero-order chi connectivity index (χ0) is 24.8. The van der Waals surface area contributed by atoms with Crippen LogP contribution in [0, 0.1) is 11.3 Å². The number of likely N-dealkylation sites (N-methyl/N-ethyl adjacent to an activating group) is 1. The molecule has 9 heteroatoms. The van der Waals surface area contributed by atoms with Crippen molar-refractivity contribution in [2.75, 3.05) is 37.6 Å². The van der Waals surface area contributed by atoms with Crippen LogP contribution in [0.4, 0.5) is 23.3 Å². The van der Waals surface area contributed by atoms with Crippen molar-refractivity contribution in [1.29, 1.82) is 5.26 Å². The molecule has 0 saturated heterocycles. The Labute approximate surface area is 206 Å². The Bertz CT molecular complexity index is 1390. The van der Waals surface area contributed by atoms with Crippen LogP contribution in [0.3, 0.4) is 0 Å². The number of hydrogen-bond acceptors (Lipinski definition) is 8. The van der Waals surface area contributed by atoms with Gasteiger partial charge in [-0.3, -0.25) is 0 Å². The van der Waals surface area contributed by atoms with E-state index in [4.69, 9.17) is 0 Å². The third-order valence-electron chi connectivity index (χ3n) is 6.84. The summed E-state index contributed by atoms with van der Waals surface area (Å²) in [5, 5.41) is 16.0. The minimum absolute atomic E-state index is 0.207. The van der Waals surface area contributed by atoms with E-state index in [2.05, 4.69) is 62.7 Å². The number of hydrogen-bond donors (Lipinski definition) is 2. The van der Waals surface area contributed by atoms with E-state index in [0.717, 1.165) is 25.2 Å². The lowest BCUT2D eigenvalue weighted by Gasteiger charge is -2.45. The molecule has 1 aromatic carbocycles. The van der Waals surface area contributed by atoms with Crippen molar-refractivity contribution in [2.45, 2.75) is 38.1 Å². The Balaban J connectivity index is 1.46. The molecule has 2 aliphatic rings. The minimum atomic E-state index is -2.52. The average Bonchev–Trinajstić information content (AvgIpc) is 2.78. The Morgan fingerprint density at radius 1 is 1.17 bits per heavy atom. The molecule has 35 heavy (non-hydrogen) atoms. The molecular weight excluding hydrogens is 457 g/mol. The van der Waals surface area contributed by atoms with Crippen molar-refractivity contribution < 1.29 is 4.57 Å². The van der Waals surface area contributed by atoms with Crippen LogP contribution in [0.2, 0.25) is 0 Å². The summed E-state index contributed by atoms with van der Waals surface area (Å²) in [6.07, 6.45) is 4.99. The fourth-order valence-electron chi connectivity index (χ4n) is 5.49. The zero-order valence-corrected chi connectivity index (χ0v) is 21.5. The summed E-state index contributed by atoms with van der Waals surface area (Å²) in [5.74, 6) is 1.23. The Morgan fingerprint density at radius 3 is 2.74 bits per heavy atom. The second-order valence-electron chi connectivity index (χ2n) is 10.3. The van der Waals surface area contributed by atoms with Gasteiger partial charge in [-0.2, -0.15) is 10.2 Å². The van der Waals surface area contributed by atoms with Gasteiger partial charge < -0.3 is 20.1 Å². The average molecular weight is 488 g/mol. The van der Waals surface area contributed by atoms with E-state index in [1.54, 1.807) is 31.5 Å². The van der Waals surface area contributed by atoms with E-state index in [9.17, 15) is 9.83 Å². The molecule has 180 valence electrons. The fourth-order valence-corrected chi connectivity index (χ4v) is 6.29. The molecule has 1 aliphatic carbocycles. The molecule has 1 aliphatic heterocycles. The van der Waals surface area contributed by atoms with Crippen molar-refractivity contribution in [3.63, 3.8) is 0 Å². The zero-order valence-electron chi connectivity index (χ0n) is 20.6. The first-order valence-electron chi connectivity index (χ1n) is 11.8. The van der Waals surface area contributed by atoms with Gasteiger partial charge in [-0.25, -0.2) is 9.97 Å². The number of anilines is 4. The Hall–Kier alpha value is -3.27. The third-order valence-corrected chi connectivity index (χ3v) is 8.19. The second-order valence-corrected chi connectivity index (χ2v) is 13.5. The maximum atomic E-state index is 12.4. The lowest BCUT2D eigenvalue weighted by molar-refractivity contribution is 0.203. The van der Waals surface area contributed by atoms with Gasteiger partial charge in [-0.1, -0.05) is 13.0 Å². The van der Waals surface area contributed by atoms with E-state index in [0.29, 0.717) is 28.6 Å². The smallest absolute Gasteiger partial charge is 0.229 e. The quantitative estimate of drug-likeness (QED) is 0.506. The highest BCUT2D eigenvalue weighted by Crippen LogP contribution is 2.44. The Kier molecular flexibility index (Phi) is 5.86. The number of pyridine rings is 1. The monoisotopic (exact) mass is 487 g/mol. The van der Waals surface area contributed by atoms with E-state index in [1.165, 1.54) is 35.7 Å². The molecule has 2 aromatic heterocycles. The van der Waals surface area contributed by atoms with Crippen molar-refractivity contribution in [3.8, 4) is 6.07 Å². The van der Waals surface area contributed by atoms with Crippen LogP contribution in [-0.2, 0) is 22.9 Å². The molecule has 0 radical (unpaired) electrons. The van der Waals surface area contributed by atoms with Gasteiger partial charge in [0.1, 0.15) is 30.0 Å². The van der Waals surface area contributed by atoms with Gasteiger partial charge in [-0.15, -0.1) is 0 Å². The van der Waals surface area contributed by atoms with Crippen LogP contribution in [-0.4, -0.2) is 46.8 Å². The maximum Gasteiger partial charge on any atom is 0.229 e. The lowest BCUT2D eigenvalue weighted by Crippen LogP contribution is -2.44. The highest BCUT2D eigenvalue weighted by molar-refractivity contribution is 7.69. The van der Waals surface area contributed by atoms with Crippen LogP contribution in [0.25, 0.3) is 0 Å². The van der Waals surface area contributed by atoms with E-state index in [1.807, 2.05) is 0 Å². The van der Waals surface area contributed by atoms with Crippen molar-refractivity contribution >= 4 is 35.8 Å². The van der Waals surface area contributed by atoms with Gasteiger partial charge in [0.2, 0.25) is 5.95 Å². The molecule has 0 unspecified atom stereocenters. The summed E-state index contributed by atoms with van der Waals surface area (Å²) >= 11 is 0. The topological polar surface area (TPSA) is 107 Å². The SMILES string of the molecule is CN1Cc2cc(Nc3ncc(C#N)c(Nc4cccc(P(C)(C)=O)n4)n3)cc3c2[C@@](C)(CCC3)C1. The summed E-state index contributed by atoms with van der Waals surface area (Å²) in [7, 11) is -0.332. The second kappa shape index (κ2) is 8.75. The molecular formula is C26H30N7OP. The number of aromatic nitrogens is 3. The molecule has 0 amide bonds. The summed E-state index contributed by atoms with van der Waals surface area (Å²) in [6.45, 7) is 7.76. The maximum absolute atomic E-state index is 12.4. The number of rotatable bonds is 5. The highest BCUT2D eigenvalue weighted by atomic mass is 31.2. The van der Waals surface area contributed by atoms with Gasteiger partial charge in [0.25, 0.3) is 0 Å². The van der Waals surface area contributed by atoms with E-state index >= 15 is 0 Å². The first-order valence-corrected chi connectivity index (χ1v) is 14.4. The third kappa shape index (κ3) is 4.67. The van der Waals surface area contributed by atoms with E-state index < -0.39 is 7.14 Å². The predicted octanol–water partition coefficient (Wildman–Crippen LogP) is 4.52. The van der Waals surface area contributed by atoms with Crippen molar-refractivity contribution in [2.24, 2.45) is 0 Å². The van der Waals surface area contributed by atoms with Crippen molar-refractivity contribution in [1.82, 2.24) is 19.9 Å². The van der Waals surface area contributed by atoms with Gasteiger partial charge in [0.05, 0.1) is 6.20 Å². The van der Waals surface area contributed by atoms with Gasteiger partial charge in [0, 0.05) is 24.2 Å². The molecule has 0 fully saturated rings. The molecule has 0 bridgehead atoms. The van der Waals surface area contributed by atoms with Gasteiger partial charge in [0.15, 0.2) is 5.82 Å². The normalized spacial score (nSPS) is 19.5. The molecule has 0 spiro atoms. The minimum Gasteiger partial charge on any atom is -0.324 e. The summed E-state index contributed by atoms with van der Waals surface area (Å²) < 4.78 is 12.4. The van der Waals surface area contributed by atoms with Gasteiger partial charge in [-0.05, 0) is 80.6 Å². The first-order chi connectivity index (χ1) is 16.6. The largest absolute Gasteiger partial charge is 0.324 e. The van der Waals surface area contributed by atoms with E-state index in [-0.39, 0.29) is 5.41 Å².